The van der Waals surface area contributed by atoms with Crippen molar-refractivity contribution >= 4 is 36.0 Å². The van der Waals surface area contributed by atoms with Crippen LogP contribution in [0.2, 0.25) is 0 Å². The first kappa shape index (κ1) is 28.5. The van der Waals surface area contributed by atoms with E-state index in [1.807, 2.05) is 32.9 Å². The van der Waals surface area contributed by atoms with Crippen molar-refractivity contribution in [2.24, 2.45) is 4.99 Å². The Labute approximate surface area is 209 Å². The Morgan fingerprint density at radius 3 is 2.53 bits per heavy atom. The summed E-state index contributed by atoms with van der Waals surface area (Å²) in [5.41, 5.74) is -0.488. The van der Waals surface area contributed by atoms with E-state index in [2.05, 4.69) is 25.8 Å². The van der Waals surface area contributed by atoms with E-state index in [-0.39, 0.29) is 24.0 Å². The van der Waals surface area contributed by atoms with E-state index in [0.29, 0.717) is 13.1 Å². The fourth-order valence-corrected chi connectivity index (χ4v) is 3.04. The van der Waals surface area contributed by atoms with E-state index >= 15 is 0 Å². The highest BCUT2D eigenvalue weighted by Gasteiger charge is 2.15. The van der Waals surface area contributed by atoms with Gasteiger partial charge in [-0.1, -0.05) is 0 Å². The summed E-state index contributed by atoms with van der Waals surface area (Å²) >= 11 is 0. The molecule has 0 saturated carbocycles. The van der Waals surface area contributed by atoms with E-state index in [0.717, 1.165) is 76.9 Å². The molecule has 1 aliphatic rings. The lowest BCUT2D eigenvalue weighted by molar-refractivity contribution is 0.0376. The van der Waals surface area contributed by atoms with E-state index in [4.69, 9.17) is 13.9 Å². The van der Waals surface area contributed by atoms with Crippen LogP contribution in [0.25, 0.3) is 0 Å². The lowest BCUT2D eigenvalue weighted by atomic mass is 10.2. The second-order valence-electron chi connectivity index (χ2n) is 8.50. The molecule has 0 atom stereocenters. The van der Waals surface area contributed by atoms with Gasteiger partial charge in [0, 0.05) is 45.7 Å². The molecule has 0 aliphatic carbocycles. The quantitative estimate of drug-likeness (QED) is 0.164. The molecule has 1 aromatic rings. The molecule has 9 nitrogen and oxygen atoms in total. The number of morpholine rings is 1. The van der Waals surface area contributed by atoms with Crippen molar-refractivity contribution in [1.82, 2.24) is 20.9 Å². The summed E-state index contributed by atoms with van der Waals surface area (Å²) in [6.07, 6.45) is 3.86. The monoisotopic (exact) mass is 565 g/mol. The Hall–Kier alpha value is -1.53. The summed E-state index contributed by atoms with van der Waals surface area (Å²) in [5, 5.41) is 9.53. The van der Waals surface area contributed by atoms with Gasteiger partial charge in [-0.3, -0.25) is 9.89 Å². The van der Waals surface area contributed by atoms with Crippen molar-refractivity contribution in [2.45, 2.75) is 45.6 Å². The first-order valence-corrected chi connectivity index (χ1v) is 11.2. The first-order chi connectivity index (χ1) is 14.9. The zero-order chi connectivity index (χ0) is 22.4. The number of ether oxygens (including phenoxy) is 2. The summed E-state index contributed by atoms with van der Waals surface area (Å²) in [6.45, 7) is 13.0. The Balaban J connectivity index is 0.00000512. The van der Waals surface area contributed by atoms with Crippen LogP contribution in [0.5, 0.6) is 0 Å². The maximum atomic E-state index is 11.7. The third-order valence-corrected chi connectivity index (χ3v) is 4.56. The van der Waals surface area contributed by atoms with Crippen LogP contribution < -0.4 is 16.0 Å². The molecule has 10 heteroatoms. The van der Waals surface area contributed by atoms with Gasteiger partial charge in [0.1, 0.15) is 11.4 Å². The van der Waals surface area contributed by atoms with Gasteiger partial charge in [-0.2, -0.15) is 0 Å². The number of hydrogen-bond donors (Lipinski definition) is 3. The topological polar surface area (TPSA) is 100 Å². The lowest BCUT2D eigenvalue weighted by Crippen LogP contribution is -2.41. The number of rotatable bonds is 11. The summed E-state index contributed by atoms with van der Waals surface area (Å²) in [5.74, 6) is 1.73. The minimum absolute atomic E-state index is 0. The Morgan fingerprint density at radius 2 is 1.84 bits per heavy atom. The number of guanidine groups is 1. The van der Waals surface area contributed by atoms with Crippen LogP contribution >= 0.6 is 24.0 Å². The number of hydrogen-bond acceptors (Lipinski definition) is 6. The van der Waals surface area contributed by atoms with Gasteiger partial charge < -0.3 is 29.8 Å². The molecule has 1 saturated heterocycles. The van der Waals surface area contributed by atoms with Crippen LogP contribution in [0.3, 0.4) is 0 Å². The maximum Gasteiger partial charge on any atom is 0.407 e. The predicted molar refractivity (Wildman–Crippen MR) is 137 cm³/mol. The van der Waals surface area contributed by atoms with Gasteiger partial charge >= 0.3 is 6.09 Å². The van der Waals surface area contributed by atoms with E-state index in [1.54, 1.807) is 6.26 Å². The molecule has 0 bridgehead atoms. The molecule has 0 unspecified atom stereocenters. The van der Waals surface area contributed by atoms with E-state index in [1.165, 1.54) is 0 Å². The molecule has 2 heterocycles. The van der Waals surface area contributed by atoms with Gasteiger partial charge in [0.2, 0.25) is 0 Å². The van der Waals surface area contributed by atoms with Crippen LogP contribution in [-0.4, -0.2) is 81.6 Å². The summed E-state index contributed by atoms with van der Waals surface area (Å²) in [7, 11) is 0. The lowest BCUT2D eigenvalue weighted by Gasteiger charge is -2.26. The SMILES string of the molecule is CC(C)(C)OC(=O)NCCCN=C(NCCCN1CCOCC1)NCCc1ccco1.I. The summed E-state index contributed by atoms with van der Waals surface area (Å²) < 4.78 is 16.0. The number of carbonyl (C=O) groups is 1. The highest BCUT2D eigenvalue weighted by Crippen LogP contribution is 2.06. The molecule has 184 valence electrons. The summed E-state index contributed by atoms with van der Waals surface area (Å²) in [4.78, 5) is 18.8. The fourth-order valence-electron chi connectivity index (χ4n) is 3.04. The highest BCUT2D eigenvalue weighted by atomic mass is 127. The zero-order valence-electron chi connectivity index (χ0n) is 19.7. The number of halogens is 1. The van der Waals surface area contributed by atoms with Gasteiger partial charge in [0.05, 0.1) is 19.5 Å². The average molecular weight is 565 g/mol. The van der Waals surface area contributed by atoms with Gasteiger partial charge in [-0.15, -0.1) is 24.0 Å². The molecule has 3 N–H and O–H groups in total. The van der Waals surface area contributed by atoms with Crippen molar-refractivity contribution in [3.63, 3.8) is 0 Å². The number of carbonyl (C=O) groups excluding carboxylic acids is 1. The van der Waals surface area contributed by atoms with Gasteiger partial charge in [-0.05, 0) is 52.3 Å². The Bertz CT molecular complexity index is 643. The molecule has 0 spiro atoms. The second-order valence-corrected chi connectivity index (χ2v) is 8.50. The first-order valence-electron chi connectivity index (χ1n) is 11.2. The molecule has 1 aliphatic heterocycles. The van der Waals surface area contributed by atoms with Crippen molar-refractivity contribution in [3.05, 3.63) is 24.2 Å². The molecule has 1 amide bonds. The normalized spacial score (nSPS) is 15.0. The average Bonchev–Trinajstić information content (AvgIpc) is 3.23. The standard InChI is InChI=1S/C22H39N5O4.HI/c1-22(2,3)31-21(28)26-10-5-9-23-20(25-12-8-19-7-4-16-30-19)24-11-6-13-27-14-17-29-18-15-27;/h4,7,16H,5-6,8-15,17-18H2,1-3H3,(H,26,28)(H2,23,24,25);1H. The van der Waals surface area contributed by atoms with Crippen LogP contribution in [0, 0.1) is 0 Å². The smallest absolute Gasteiger partial charge is 0.407 e. The predicted octanol–water partition coefficient (Wildman–Crippen LogP) is 2.61. The van der Waals surface area contributed by atoms with E-state index in [9.17, 15) is 4.79 Å². The number of nitrogens with one attached hydrogen (secondary N) is 3. The molecule has 0 radical (unpaired) electrons. The third kappa shape index (κ3) is 13.8. The third-order valence-electron chi connectivity index (χ3n) is 4.56. The minimum Gasteiger partial charge on any atom is -0.469 e. The highest BCUT2D eigenvalue weighted by molar-refractivity contribution is 14.0. The molecular weight excluding hydrogens is 525 g/mol. The number of furan rings is 1. The zero-order valence-corrected chi connectivity index (χ0v) is 22.0. The van der Waals surface area contributed by atoms with E-state index < -0.39 is 11.7 Å². The summed E-state index contributed by atoms with van der Waals surface area (Å²) in [6, 6.07) is 3.86. The van der Waals surface area contributed by atoms with Gasteiger partial charge in [0.15, 0.2) is 5.96 Å². The number of nitrogens with zero attached hydrogens (tertiary/aromatic N) is 2. The van der Waals surface area contributed by atoms with Crippen molar-refractivity contribution in [2.75, 3.05) is 59.0 Å². The fraction of sp³-hybridized carbons (Fsp3) is 0.727. The molecule has 1 aromatic heterocycles. The van der Waals surface area contributed by atoms with Crippen LogP contribution in [-0.2, 0) is 15.9 Å². The van der Waals surface area contributed by atoms with Crippen molar-refractivity contribution in [1.29, 1.82) is 0 Å². The van der Waals surface area contributed by atoms with Crippen LogP contribution in [0.1, 0.15) is 39.4 Å². The number of aliphatic imine (C=N–C) groups is 1. The largest absolute Gasteiger partial charge is 0.469 e. The van der Waals surface area contributed by atoms with Crippen molar-refractivity contribution in [3.8, 4) is 0 Å². The van der Waals surface area contributed by atoms with Crippen LogP contribution in [0.4, 0.5) is 4.79 Å². The minimum atomic E-state index is -0.488. The molecule has 1 fully saturated rings. The Morgan fingerprint density at radius 1 is 1.12 bits per heavy atom. The number of amides is 1. The second kappa shape index (κ2) is 16.1. The van der Waals surface area contributed by atoms with Crippen molar-refractivity contribution < 1.29 is 18.7 Å². The van der Waals surface area contributed by atoms with Gasteiger partial charge in [-0.25, -0.2) is 4.79 Å². The Kier molecular flexibility index (Phi) is 14.4. The molecule has 32 heavy (non-hydrogen) atoms. The molecular formula is C22H40IN5O4. The molecule has 0 aromatic carbocycles. The maximum absolute atomic E-state index is 11.7. The number of alkyl carbamates (subject to hydrolysis) is 1. The molecule has 2 rings (SSSR count). The van der Waals surface area contributed by atoms with Gasteiger partial charge in [0.25, 0.3) is 0 Å². The van der Waals surface area contributed by atoms with Crippen LogP contribution in [0.15, 0.2) is 27.8 Å².